The Morgan fingerprint density at radius 3 is 2.47 bits per heavy atom. The fourth-order valence-electron chi connectivity index (χ4n) is 2.19. The molecular weight excluding hydrogens is 190 g/mol. The quantitative estimate of drug-likeness (QED) is 0.574. The molecule has 0 spiro atoms. The first-order chi connectivity index (χ1) is 6.96. The number of carbonyl (C=O) groups is 1. The fourth-order valence-corrected chi connectivity index (χ4v) is 2.19. The lowest BCUT2D eigenvalue weighted by Crippen LogP contribution is -2.49. The van der Waals surface area contributed by atoms with Gasteiger partial charge in [0.1, 0.15) is 5.60 Å². The average Bonchev–Trinajstić information content (AvgIpc) is 2.17. The van der Waals surface area contributed by atoms with E-state index in [2.05, 4.69) is 12.2 Å². The maximum absolute atomic E-state index is 11.9. The van der Waals surface area contributed by atoms with Crippen molar-refractivity contribution in [3.63, 3.8) is 0 Å². The zero-order valence-corrected chi connectivity index (χ0v) is 9.69. The first kappa shape index (κ1) is 10.5. The Hall–Kier alpha value is -0.990. The summed E-state index contributed by atoms with van der Waals surface area (Å²) in [6.45, 7) is 6.55. The van der Waals surface area contributed by atoms with E-state index >= 15 is 0 Å². The van der Waals surface area contributed by atoms with Gasteiger partial charge in [-0.1, -0.05) is 12.2 Å². The van der Waals surface area contributed by atoms with Crippen LogP contribution in [-0.4, -0.2) is 29.2 Å². The van der Waals surface area contributed by atoms with Crippen LogP contribution in [0.25, 0.3) is 0 Å². The van der Waals surface area contributed by atoms with E-state index < -0.39 is 5.60 Å². The van der Waals surface area contributed by atoms with E-state index in [4.69, 9.17) is 4.74 Å². The Bertz CT molecular complexity index is 290. The second kappa shape index (κ2) is 3.54. The molecule has 84 valence electrons. The lowest BCUT2D eigenvalue weighted by molar-refractivity contribution is 0.00889. The van der Waals surface area contributed by atoms with Crippen LogP contribution in [0.4, 0.5) is 4.79 Å². The van der Waals surface area contributed by atoms with Crippen molar-refractivity contribution >= 4 is 6.09 Å². The molecule has 3 aliphatic rings. The molecule has 2 bridgehead atoms. The Morgan fingerprint density at radius 1 is 1.33 bits per heavy atom. The van der Waals surface area contributed by atoms with Crippen molar-refractivity contribution in [3.8, 4) is 0 Å². The number of piperidine rings is 1. The molecule has 0 aromatic rings. The fraction of sp³-hybridized carbons (Fsp3) is 0.750. The highest BCUT2D eigenvalue weighted by Gasteiger charge is 2.35. The van der Waals surface area contributed by atoms with Crippen molar-refractivity contribution in [3.05, 3.63) is 12.2 Å². The summed E-state index contributed by atoms with van der Waals surface area (Å²) in [5, 5.41) is 0. The third kappa shape index (κ3) is 2.33. The van der Waals surface area contributed by atoms with E-state index in [1.165, 1.54) is 6.42 Å². The van der Waals surface area contributed by atoms with Crippen molar-refractivity contribution in [1.29, 1.82) is 0 Å². The van der Waals surface area contributed by atoms with Gasteiger partial charge in [-0.2, -0.15) is 0 Å². The molecule has 3 nitrogen and oxygen atoms in total. The number of carbonyl (C=O) groups excluding carboxylic acids is 1. The van der Waals surface area contributed by atoms with Crippen LogP contribution in [0.5, 0.6) is 0 Å². The molecule has 1 fully saturated rings. The Kier molecular flexibility index (Phi) is 2.49. The lowest BCUT2D eigenvalue weighted by Gasteiger charge is -2.41. The topological polar surface area (TPSA) is 29.5 Å². The molecule has 0 saturated carbocycles. The van der Waals surface area contributed by atoms with Gasteiger partial charge in [-0.05, 0) is 39.5 Å². The molecule has 3 heteroatoms. The van der Waals surface area contributed by atoms with Gasteiger partial charge in [0.25, 0.3) is 0 Å². The van der Waals surface area contributed by atoms with Crippen LogP contribution in [-0.2, 0) is 4.74 Å². The van der Waals surface area contributed by atoms with E-state index in [0.717, 1.165) is 13.0 Å². The summed E-state index contributed by atoms with van der Waals surface area (Å²) in [6.07, 6.45) is 6.50. The number of nitrogens with zero attached hydrogens (tertiary/aromatic N) is 1. The van der Waals surface area contributed by atoms with E-state index in [-0.39, 0.29) is 12.1 Å². The van der Waals surface area contributed by atoms with Crippen LogP contribution in [0.15, 0.2) is 12.2 Å². The molecule has 15 heavy (non-hydrogen) atoms. The molecule has 1 amide bonds. The molecular formula is C12H19NO2. The summed E-state index contributed by atoms with van der Waals surface area (Å²) in [5.41, 5.74) is -0.391. The number of hydrogen-bond donors (Lipinski definition) is 0. The maximum atomic E-state index is 11.9. The minimum absolute atomic E-state index is 0.165. The molecule has 0 aromatic carbocycles. The van der Waals surface area contributed by atoms with Crippen molar-refractivity contribution in [2.75, 3.05) is 6.54 Å². The molecule has 2 unspecified atom stereocenters. The molecule has 2 atom stereocenters. The molecule has 1 saturated heterocycles. The van der Waals surface area contributed by atoms with E-state index in [1.807, 2.05) is 25.7 Å². The summed E-state index contributed by atoms with van der Waals surface area (Å²) in [6, 6.07) is 0.268. The first-order valence-corrected chi connectivity index (χ1v) is 5.64. The van der Waals surface area contributed by atoms with Gasteiger partial charge in [0, 0.05) is 6.54 Å². The van der Waals surface area contributed by atoms with Gasteiger partial charge in [-0.3, -0.25) is 0 Å². The molecule has 0 N–H and O–H groups in total. The van der Waals surface area contributed by atoms with Crippen LogP contribution < -0.4 is 0 Å². The second-order valence-electron chi connectivity index (χ2n) is 5.42. The highest BCUT2D eigenvalue weighted by atomic mass is 16.6. The molecule has 3 rings (SSSR count). The summed E-state index contributed by atoms with van der Waals surface area (Å²) in [4.78, 5) is 13.7. The summed E-state index contributed by atoms with van der Waals surface area (Å²) >= 11 is 0. The summed E-state index contributed by atoms with van der Waals surface area (Å²) in [7, 11) is 0. The lowest BCUT2D eigenvalue weighted by atomic mass is 9.86. The molecule has 1 aliphatic carbocycles. The van der Waals surface area contributed by atoms with Crippen molar-refractivity contribution < 1.29 is 9.53 Å². The van der Waals surface area contributed by atoms with Crippen molar-refractivity contribution in [2.24, 2.45) is 5.92 Å². The third-order valence-electron chi connectivity index (χ3n) is 2.90. The van der Waals surface area contributed by atoms with Gasteiger partial charge in [0.05, 0.1) is 6.04 Å². The Balaban J connectivity index is 2.01. The molecule has 0 radical (unpaired) electrons. The van der Waals surface area contributed by atoms with Gasteiger partial charge >= 0.3 is 6.09 Å². The monoisotopic (exact) mass is 209 g/mol. The van der Waals surface area contributed by atoms with Crippen molar-refractivity contribution in [1.82, 2.24) is 4.90 Å². The van der Waals surface area contributed by atoms with Crippen molar-refractivity contribution in [2.45, 2.75) is 45.3 Å². The Morgan fingerprint density at radius 2 is 2.07 bits per heavy atom. The number of rotatable bonds is 0. The molecule has 2 aliphatic heterocycles. The average molecular weight is 209 g/mol. The largest absolute Gasteiger partial charge is 0.444 e. The van der Waals surface area contributed by atoms with Crippen LogP contribution >= 0.6 is 0 Å². The van der Waals surface area contributed by atoms with Gasteiger partial charge in [0.15, 0.2) is 0 Å². The normalized spacial score (nSPS) is 29.4. The van der Waals surface area contributed by atoms with E-state index in [1.54, 1.807) is 0 Å². The predicted octanol–water partition coefficient (Wildman–Crippen LogP) is 2.57. The van der Waals surface area contributed by atoms with E-state index in [0.29, 0.717) is 5.92 Å². The summed E-state index contributed by atoms with van der Waals surface area (Å²) < 4.78 is 5.38. The SMILES string of the molecule is CC(C)(C)OC(=O)N1CC2C=CC1CC2. The number of amides is 1. The minimum atomic E-state index is -0.391. The van der Waals surface area contributed by atoms with Gasteiger partial charge in [0.2, 0.25) is 0 Å². The zero-order valence-electron chi connectivity index (χ0n) is 9.69. The van der Waals surface area contributed by atoms with Crippen LogP contribution in [0, 0.1) is 5.92 Å². The van der Waals surface area contributed by atoms with Crippen LogP contribution in [0.3, 0.4) is 0 Å². The number of fused-ring (bicyclic) bond motifs is 2. The van der Waals surface area contributed by atoms with Gasteiger partial charge in [-0.25, -0.2) is 4.79 Å². The van der Waals surface area contributed by atoms with Gasteiger partial charge in [-0.15, -0.1) is 0 Å². The van der Waals surface area contributed by atoms with Crippen LogP contribution in [0.2, 0.25) is 0 Å². The van der Waals surface area contributed by atoms with Crippen LogP contribution in [0.1, 0.15) is 33.6 Å². The maximum Gasteiger partial charge on any atom is 0.410 e. The highest BCUT2D eigenvalue weighted by Crippen LogP contribution is 2.30. The predicted molar refractivity (Wildman–Crippen MR) is 58.6 cm³/mol. The first-order valence-electron chi connectivity index (χ1n) is 5.64. The minimum Gasteiger partial charge on any atom is -0.444 e. The highest BCUT2D eigenvalue weighted by molar-refractivity contribution is 5.69. The third-order valence-corrected chi connectivity index (χ3v) is 2.90. The van der Waals surface area contributed by atoms with E-state index in [9.17, 15) is 4.79 Å². The second-order valence-corrected chi connectivity index (χ2v) is 5.42. The number of hydrogen-bond acceptors (Lipinski definition) is 2. The smallest absolute Gasteiger partial charge is 0.410 e. The van der Waals surface area contributed by atoms with Gasteiger partial charge < -0.3 is 9.64 Å². The standard InChI is InChI=1S/C12H19NO2/c1-12(2,3)15-11(14)13-8-9-4-6-10(13)7-5-9/h4,6,9-10H,5,7-8H2,1-3H3. The Labute approximate surface area is 91.1 Å². The molecule has 2 heterocycles. The summed E-state index contributed by atoms with van der Waals surface area (Å²) in [5.74, 6) is 0.544. The molecule has 0 aromatic heterocycles. The number of ether oxygens (including phenoxy) is 1. The zero-order chi connectivity index (χ0) is 11.1.